The molecule has 4 aliphatic heterocycles. The molecule has 6 rings (SSSR count). The number of carbonyl (C=O) groups is 1. The van der Waals surface area contributed by atoms with Crippen LogP contribution in [-0.2, 0) is 16.0 Å². The van der Waals surface area contributed by atoms with Gasteiger partial charge in [-0.2, -0.15) is 0 Å². The third-order valence-electron chi connectivity index (χ3n) is 7.06. The molecule has 0 saturated carbocycles. The Morgan fingerprint density at radius 2 is 2.27 bits per heavy atom. The number of nitrogens with one attached hydrogen (secondary N) is 1. The highest BCUT2D eigenvalue weighted by Crippen LogP contribution is 2.59. The van der Waals surface area contributed by atoms with Crippen LogP contribution in [0.1, 0.15) is 30.6 Å². The lowest BCUT2D eigenvalue weighted by Gasteiger charge is -2.62. The molecule has 5 heterocycles. The van der Waals surface area contributed by atoms with Crippen molar-refractivity contribution >= 4 is 16.9 Å². The van der Waals surface area contributed by atoms with Gasteiger partial charge in [-0.05, 0) is 31.4 Å². The lowest BCUT2D eigenvalue weighted by atomic mass is 9.55. The first kappa shape index (κ1) is 16.1. The van der Waals surface area contributed by atoms with Crippen molar-refractivity contribution in [1.29, 1.82) is 0 Å². The number of allylic oxidation sites excluding steroid dienone is 1. The van der Waals surface area contributed by atoms with Crippen molar-refractivity contribution in [2.24, 2.45) is 11.3 Å². The Labute approximate surface area is 152 Å². The van der Waals surface area contributed by atoms with Gasteiger partial charge in [0.2, 0.25) is 0 Å². The number of aromatic amines is 1. The third kappa shape index (κ3) is 1.75. The molecule has 5 nitrogen and oxygen atoms in total. The molecular formula is C21H24N2O3. The Morgan fingerprint density at radius 1 is 1.46 bits per heavy atom. The summed E-state index contributed by atoms with van der Waals surface area (Å²) in [6.07, 6.45) is 3.72. The summed E-state index contributed by atoms with van der Waals surface area (Å²) in [5, 5.41) is 11.7. The van der Waals surface area contributed by atoms with Crippen LogP contribution in [0.3, 0.4) is 0 Å². The summed E-state index contributed by atoms with van der Waals surface area (Å²) >= 11 is 0. The van der Waals surface area contributed by atoms with E-state index < -0.39 is 5.41 Å². The van der Waals surface area contributed by atoms with Crippen LogP contribution in [0.15, 0.2) is 35.9 Å². The van der Waals surface area contributed by atoms with Gasteiger partial charge < -0.3 is 14.8 Å². The number of benzene rings is 1. The van der Waals surface area contributed by atoms with Crippen molar-refractivity contribution in [3.63, 3.8) is 0 Å². The molecule has 26 heavy (non-hydrogen) atoms. The fraction of sp³-hybridized carbons (Fsp3) is 0.476. The second-order valence-electron chi connectivity index (χ2n) is 7.81. The van der Waals surface area contributed by atoms with E-state index in [4.69, 9.17) is 4.74 Å². The van der Waals surface area contributed by atoms with Gasteiger partial charge in [-0.3, -0.25) is 9.69 Å². The zero-order valence-corrected chi connectivity index (χ0v) is 15.2. The van der Waals surface area contributed by atoms with E-state index in [0.29, 0.717) is 0 Å². The number of esters is 1. The summed E-state index contributed by atoms with van der Waals surface area (Å²) in [5.74, 6) is -0.245. The van der Waals surface area contributed by atoms with Gasteiger partial charge in [-0.25, -0.2) is 0 Å². The van der Waals surface area contributed by atoms with Crippen LogP contribution in [-0.4, -0.2) is 47.3 Å². The number of aromatic nitrogens is 1. The second-order valence-corrected chi connectivity index (χ2v) is 7.81. The number of fused-ring (bicyclic) bond motifs is 4. The maximum absolute atomic E-state index is 12.9. The Balaban J connectivity index is 1.73. The Morgan fingerprint density at radius 3 is 3.00 bits per heavy atom. The molecule has 4 aliphatic rings. The lowest BCUT2D eigenvalue weighted by molar-refractivity contribution is -0.183. The highest BCUT2D eigenvalue weighted by Gasteiger charge is 2.64. The van der Waals surface area contributed by atoms with Gasteiger partial charge in [0.25, 0.3) is 0 Å². The van der Waals surface area contributed by atoms with Crippen molar-refractivity contribution in [2.45, 2.75) is 31.8 Å². The average Bonchev–Trinajstić information content (AvgIpc) is 3.06. The number of rotatable bonds is 2. The fourth-order valence-electron chi connectivity index (χ4n) is 5.88. The number of para-hydroxylation sites is 1. The van der Waals surface area contributed by atoms with Crippen LogP contribution in [0.25, 0.3) is 10.9 Å². The third-order valence-corrected chi connectivity index (χ3v) is 7.06. The van der Waals surface area contributed by atoms with Crippen molar-refractivity contribution in [3.8, 4) is 0 Å². The molecule has 0 radical (unpaired) electrons. The summed E-state index contributed by atoms with van der Waals surface area (Å²) in [5.41, 5.74) is 4.12. The maximum atomic E-state index is 12.9. The number of aliphatic hydroxyl groups is 1. The number of nitrogens with zero attached hydrogens (tertiary/aromatic N) is 1. The van der Waals surface area contributed by atoms with Gasteiger partial charge in [0.05, 0.1) is 19.8 Å². The molecule has 1 aromatic carbocycles. The van der Waals surface area contributed by atoms with Crippen molar-refractivity contribution in [1.82, 2.24) is 9.88 Å². The number of piperidine rings is 3. The molecule has 4 bridgehead atoms. The van der Waals surface area contributed by atoms with Gasteiger partial charge in [0, 0.05) is 35.1 Å². The van der Waals surface area contributed by atoms with E-state index in [1.165, 1.54) is 29.3 Å². The van der Waals surface area contributed by atoms with Gasteiger partial charge in [-0.1, -0.05) is 29.8 Å². The largest absolute Gasteiger partial charge is 0.468 e. The Bertz CT molecular complexity index is 930. The summed E-state index contributed by atoms with van der Waals surface area (Å²) in [6, 6.07) is 8.61. The standard InChI is InChI=1S/C21H24N2O3/c1-3-12-10-23-17-9-15(12)21(11-24,20(25)26-2)18(23)8-14-13-6-4-5-7-16(13)22-19(14)17/h3-7,15,17-18,22,24H,8-11H2,1-2H3/b12-3-/t15-,17+,18+,21?/m0/s1. The van der Waals surface area contributed by atoms with Gasteiger partial charge in [0.1, 0.15) is 5.41 Å². The first-order valence-corrected chi connectivity index (χ1v) is 9.35. The summed E-state index contributed by atoms with van der Waals surface area (Å²) in [7, 11) is 1.43. The number of hydrogen-bond donors (Lipinski definition) is 2. The molecule has 0 amide bonds. The Hall–Kier alpha value is -2.11. The monoisotopic (exact) mass is 352 g/mol. The van der Waals surface area contributed by atoms with E-state index in [9.17, 15) is 9.90 Å². The highest BCUT2D eigenvalue weighted by molar-refractivity contribution is 5.86. The van der Waals surface area contributed by atoms with Crippen LogP contribution in [0.2, 0.25) is 0 Å². The summed E-state index contributed by atoms with van der Waals surface area (Å²) in [4.78, 5) is 19.0. The van der Waals surface area contributed by atoms with E-state index in [-0.39, 0.29) is 30.6 Å². The average molecular weight is 352 g/mol. The number of hydrogen-bond acceptors (Lipinski definition) is 4. The topological polar surface area (TPSA) is 65.6 Å². The minimum Gasteiger partial charge on any atom is -0.468 e. The van der Waals surface area contributed by atoms with E-state index >= 15 is 0 Å². The molecule has 136 valence electrons. The van der Waals surface area contributed by atoms with E-state index in [1.807, 2.05) is 13.0 Å². The van der Waals surface area contributed by atoms with Crippen LogP contribution in [0, 0.1) is 11.3 Å². The quantitative estimate of drug-likeness (QED) is 0.644. The molecule has 2 aromatic rings. The SMILES string of the molecule is C/C=C1/CN2[C@@H]3C[C@@H]1C(CO)(C(=O)OC)[C@H]2Cc1c3[nH]c2ccccc12. The summed E-state index contributed by atoms with van der Waals surface area (Å²) in [6.45, 7) is 2.72. The number of aliphatic hydroxyl groups excluding tert-OH is 1. The molecule has 3 saturated heterocycles. The molecule has 0 spiro atoms. The maximum Gasteiger partial charge on any atom is 0.316 e. The van der Waals surface area contributed by atoms with Crippen molar-refractivity contribution in [2.75, 3.05) is 20.3 Å². The predicted octanol–water partition coefficient (Wildman–Crippen LogP) is 2.57. The van der Waals surface area contributed by atoms with Gasteiger partial charge >= 0.3 is 5.97 Å². The number of methoxy groups -OCH3 is 1. The lowest BCUT2D eigenvalue weighted by Crippen LogP contribution is -2.69. The number of ether oxygens (including phenoxy) is 1. The number of carbonyl (C=O) groups excluding carboxylic acids is 1. The predicted molar refractivity (Wildman–Crippen MR) is 98.6 cm³/mol. The molecular weight excluding hydrogens is 328 g/mol. The minimum absolute atomic E-state index is 0.0286. The van der Waals surface area contributed by atoms with Crippen LogP contribution >= 0.6 is 0 Å². The molecule has 0 aliphatic carbocycles. The molecule has 2 N–H and O–H groups in total. The van der Waals surface area contributed by atoms with Crippen LogP contribution < -0.4 is 0 Å². The minimum atomic E-state index is -0.874. The number of H-pyrrole nitrogens is 1. The molecule has 3 fully saturated rings. The first-order valence-electron chi connectivity index (χ1n) is 9.35. The second kappa shape index (κ2) is 5.44. The Kier molecular flexibility index (Phi) is 3.37. The van der Waals surface area contributed by atoms with Crippen LogP contribution in [0.5, 0.6) is 0 Å². The normalized spacial score (nSPS) is 36.3. The van der Waals surface area contributed by atoms with E-state index in [0.717, 1.165) is 24.9 Å². The molecule has 5 atom stereocenters. The summed E-state index contributed by atoms with van der Waals surface area (Å²) < 4.78 is 5.22. The van der Waals surface area contributed by atoms with E-state index in [2.05, 4.69) is 34.2 Å². The molecule has 5 heteroatoms. The molecule has 1 aromatic heterocycles. The first-order chi connectivity index (χ1) is 12.7. The van der Waals surface area contributed by atoms with Crippen molar-refractivity contribution in [3.05, 3.63) is 47.2 Å². The van der Waals surface area contributed by atoms with Gasteiger partial charge in [-0.15, -0.1) is 0 Å². The van der Waals surface area contributed by atoms with Crippen LogP contribution in [0.4, 0.5) is 0 Å². The fourth-order valence-corrected chi connectivity index (χ4v) is 5.88. The van der Waals surface area contributed by atoms with Gasteiger partial charge in [0.15, 0.2) is 0 Å². The van der Waals surface area contributed by atoms with E-state index in [1.54, 1.807) is 0 Å². The smallest absolute Gasteiger partial charge is 0.316 e. The zero-order chi connectivity index (χ0) is 18.1. The highest BCUT2D eigenvalue weighted by atomic mass is 16.5. The van der Waals surface area contributed by atoms with Crippen molar-refractivity contribution < 1.29 is 14.6 Å². The molecule has 2 unspecified atom stereocenters. The zero-order valence-electron chi connectivity index (χ0n) is 15.2.